The number of benzene rings is 1. The molecule has 7 nitrogen and oxygen atoms in total. The SMILES string of the molecule is CC1(c2cccc(NC(=O)c3csc(-c4cccs4)n3)c2)NC(=O)NC1=O. The fourth-order valence-corrected chi connectivity index (χ4v) is 4.36. The van der Waals surface area contributed by atoms with Gasteiger partial charge in [0.1, 0.15) is 16.2 Å². The highest BCUT2D eigenvalue weighted by Crippen LogP contribution is 2.29. The molecule has 3 N–H and O–H groups in total. The lowest BCUT2D eigenvalue weighted by atomic mass is 9.92. The van der Waals surface area contributed by atoms with Crippen molar-refractivity contribution < 1.29 is 14.4 Å². The van der Waals surface area contributed by atoms with E-state index in [-0.39, 0.29) is 5.91 Å². The average molecular weight is 398 g/mol. The molecule has 1 aliphatic rings. The second-order valence-corrected chi connectivity index (χ2v) is 7.89. The van der Waals surface area contributed by atoms with Crippen molar-refractivity contribution in [1.82, 2.24) is 15.6 Å². The number of thiophene rings is 1. The molecule has 0 aliphatic carbocycles. The van der Waals surface area contributed by atoms with Crippen LogP contribution in [0.3, 0.4) is 0 Å². The number of nitrogens with zero attached hydrogens (tertiary/aromatic N) is 1. The van der Waals surface area contributed by atoms with Gasteiger partial charge in [0.25, 0.3) is 11.8 Å². The summed E-state index contributed by atoms with van der Waals surface area (Å²) in [6, 6.07) is 10.2. The van der Waals surface area contributed by atoms with Crippen LogP contribution in [0.15, 0.2) is 47.2 Å². The maximum Gasteiger partial charge on any atom is 0.322 e. The Balaban J connectivity index is 1.54. The quantitative estimate of drug-likeness (QED) is 0.588. The van der Waals surface area contributed by atoms with E-state index in [9.17, 15) is 14.4 Å². The second-order valence-electron chi connectivity index (χ2n) is 6.08. The Bertz CT molecular complexity index is 1040. The Morgan fingerprint density at radius 3 is 2.74 bits per heavy atom. The number of rotatable bonds is 4. The molecule has 1 aliphatic heterocycles. The molecule has 4 rings (SSSR count). The summed E-state index contributed by atoms with van der Waals surface area (Å²) in [5.41, 5.74) is 0.233. The summed E-state index contributed by atoms with van der Waals surface area (Å²) in [5.74, 6) is -0.771. The smallest absolute Gasteiger partial charge is 0.321 e. The van der Waals surface area contributed by atoms with Crippen molar-refractivity contribution in [3.63, 3.8) is 0 Å². The summed E-state index contributed by atoms with van der Waals surface area (Å²) < 4.78 is 0. The van der Waals surface area contributed by atoms with Crippen LogP contribution in [-0.4, -0.2) is 22.8 Å². The van der Waals surface area contributed by atoms with Crippen molar-refractivity contribution in [2.45, 2.75) is 12.5 Å². The van der Waals surface area contributed by atoms with Crippen LogP contribution in [-0.2, 0) is 10.3 Å². The first-order chi connectivity index (χ1) is 13.0. The molecular formula is C18H14N4O3S2. The summed E-state index contributed by atoms with van der Waals surface area (Å²) >= 11 is 2.97. The molecule has 3 heterocycles. The molecule has 9 heteroatoms. The predicted molar refractivity (Wildman–Crippen MR) is 104 cm³/mol. The van der Waals surface area contributed by atoms with Crippen LogP contribution in [0.1, 0.15) is 23.0 Å². The molecule has 3 aromatic rings. The zero-order chi connectivity index (χ0) is 19.0. The lowest BCUT2D eigenvalue weighted by molar-refractivity contribution is -0.123. The van der Waals surface area contributed by atoms with Crippen molar-refractivity contribution in [3.05, 3.63) is 58.4 Å². The van der Waals surface area contributed by atoms with Crippen LogP contribution in [0.5, 0.6) is 0 Å². The predicted octanol–water partition coefficient (Wildman–Crippen LogP) is 3.18. The van der Waals surface area contributed by atoms with Gasteiger partial charge in [-0.1, -0.05) is 18.2 Å². The number of urea groups is 1. The molecule has 136 valence electrons. The van der Waals surface area contributed by atoms with Gasteiger partial charge in [-0.05, 0) is 36.1 Å². The highest BCUT2D eigenvalue weighted by Gasteiger charge is 2.43. The molecule has 2 aromatic heterocycles. The molecule has 0 spiro atoms. The molecular weight excluding hydrogens is 384 g/mol. The maximum absolute atomic E-state index is 12.5. The third kappa shape index (κ3) is 3.22. The minimum atomic E-state index is -1.18. The van der Waals surface area contributed by atoms with Crippen LogP contribution in [0, 0.1) is 0 Å². The fourth-order valence-electron chi connectivity index (χ4n) is 2.74. The van der Waals surface area contributed by atoms with Crippen LogP contribution < -0.4 is 16.0 Å². The Morgan fingerprint density at radius 1 is 1.19 bits per heavy atom. The zero-order valence-electron chi connectivity index (χ0n) is 14.1. The zero-order valence-corrected chi connectivity index (χ0v) is 15.7. The minimum absolute atomic E-state index is 0.326. The Morgan fingerprint density at radius 2 is 2.04 bits per heavy atom. The second kappa shape index (κ2) is 6.60. The lowest BCUT2D eigenvalue weighted by Crippen LogP contribution is -2.40. The van der Waals surface area contributed by atoms with Crippen LogP contribution in [0.4, 0.5) is 10.5 Å². The number of thiazole rings is 1. The number of imide groups is 1. The first kappa shape index (κ1) is 17.4. The number of hydrogen-bond acceptors (Lipinski definition) is 6. The van der Waals surface area contributed by atoms with Gasteiger partial charge >= 0.3 is 6.03 Å². The van der Waals surface area contributed by atoms with Crippen molar-refractivity contribution >= 4 is 46.2 Å². The van der Waals surface area contributed by atoms with Crippen molar-refractivity contribution in [2.75, 3.05) is 5.32 Å². The van der Waals surface area contributed by atoms with Gasteiger partial charge in [0.05, 0.1) is 4.88 Å². The summed E-state index contributed by atoms with van der Waals surface area (Å²) in [7, 11) is 0. The van der Waals surface area contributed by atoms with Crippen LogP contribution in [0.25, 0.3) is 9.88 Å². The standard InChI is InChI=1S/C18H14N4O3S2/c1-18(16(24)21-17(25)22-18)10-4-2-5-11(8-10)19-14(23)12-9-27-15(20-12)13-6-3-7-26-13/h2-9H,1H3,(H,19,23)(H2,21,22,24,25). The highest BCUT2D eigenvalue weighted by molar-refractivity contribution is 7.20. The van der Waals surface area contributed by atoms with E-state index < -0.39 is 17.5 Å². The van der Waals surface area contributed by atoms with Crippen LogP contribution in [0.2, 0.25) is 0 Å². The third-order valence-corrected chi connectivity index (χ3v) is 6.09. The number of aromatic nitrogens is 1. The summed E-state index contributed by atoms with van der Waals surface area (Å²) in [5, 5.41) is 12.1. The fraction of sp³-hybridized carbons (Fsp3) is 0.111. The monoisotopic (exact) mass is 398 g/mol. The first-order valence-electron chi connectivity index (χ1n) is 8.00. The molecule has 1 saturated heterocycles. The maximum atomic E-state index is 12.5. The van der Waals surface area contributed by atoms with E-state index in [4.69, 9.17) is 0 Å². The average Bonchev–Trinajstić information content (AvgIpc) is 3.36. The summed E-state index contributed by atoms with van der Waals surface area (Å²) in [6.07, 6.45) is 0. The molecule has 1 atom stereocenters. The highest BCUT2D eigenvalue weighted by atomic mass is 32.1. The third-order valence-electron chi connectivity index (χ3n) is 4.21. The topological polar surface area (TPSA) is 100 Å². The van der Waals surface area contributed by atoms with Crippen molar-refractivity contribution in [2.24, 2.45) is 0 Å². The van der Waals surface area contributed by atoms with E-state index in [2.05, 4.69) is 20.9 Å². The molecule has 0 saturated carbocycles. The van der Waals surface area contributed by atoms with E-state index in [1.165, 1.54) is 11.3 Å². The van der Waals surface area contributed by atoms with E-state index in [0.717, 1.165) is 9.88 Å². The van der Waals surface area contributed by atoms with Gasteiger partial charge < -0.3 is 10.6 Å². The van der Waals surface area contributed by atoms with Gasteiger partial charge in [0.15, 0.2) is 0 Å². The number of amides is 4. The van der Waals surface area contributed by atoms with E-state index in [1.807, 2.05) is 17.5 Å². The number of carbonyl (C=O) groups excluding carboxylic acids is 3. The Labute approximate surface area is 162 Å². The Hall–Kier alpha value is -3.04. The number of hydrogen-bond donors (Lipinski definition) is 3. The van der Waals surface area contributed by atoms with Gasteiger partial charge in [0, 0.05) is 11.1 Å². The molecule has 4 amide bonds. The van der Waals surface area contributed by atoms with E-state index in [0.29, 0.717) is 16.9 Å². The molecule has 0 bridgehead atoms. The van der Waals surface area contributed by atoms with Gasteiger partial charge in [-0.2, -0.15) is 0 Å². The minimum Gasteiger partial charge on any atom is -0.321 e. The Kier molecular flexibility index (Phi) is 4.25. The summed E-state index contributed by atoms with van der Waals surface area (Å²) in [4.78, 5) is 41.5. The molecule has 0 radical (unpaired) electrons. The first-order valence-corrected chi connectivity index (χ1v) is 9.76. The number of anilines is 1. The van der Waals surface area contributed by atoms with Gasteiger partial charge in [-0.3, -0.25) is 14.9 Å². The van der Waals surface area contributed by atoms with Gasteiger partial charge in [-0.15, -0.1) is 22.7 Å². The van der Waals surface area contributed by atoms with Gasteiger partial charge in [0.2, 0.25) is 0 Å². The van der Waals surface area contributed by atoms with Crippen molar-refractivity contribution in [1.29, 1.82) is 0 Å². The summed E-state index contributed by atoms with van der Waals surface area (Å²) in [6.45, 7) is 1.61. The van der Waals surface area contributed by atoms with Crippen molar-refractivity contribution in [3.8, 4) is 9.88 Å². The van der Waals surface area contributed by atoms with E-state index >= 15 is 0 Å². The lowest BCUT2D eigenvalue weighted by Gasteiger charge is -2.21. The van der Waals surface area contributed by atoms with E-state index in [1.54, 1.807) is 47.9 Å². The molecule has 27 heavy (non-hydrogen) atoms. The molecule has 1 aromatic carbocycles. The van der Waals surface area contributed by atoms with Gasteiger partial charge in [-0.25, -0.2) is 9.78 Å². The number of nitrogens with one attached hydrogen (secondary N) is 3. The normalized spacial score (nSPS) is 18.9. The number of carbonyl (C=O) groups is 3. The molecule has 1 fully saturated rings. The van der Waals surface area contributed by atoms with Crippen LogP contribution >= 0.6 is 22.7 Å². The largest absolute Gasteiger partial charge is 0.322 e. The molecule has 1 unspecified atom stereocenters.